The van der Waals surface area contributed by atoms with Crippen LogP contribution in [0.4, 0.5) is 5.69 Å². The Morgan fingerprint density at radius 2 is 2.17 bits per heavy atom. The highest BCUT2D eigenvalue weighted by Gasteiger charge is 2.26. The summed E-state index contributed by atoms with van der Waals surface area (Å²) >= 11 is 5.98. The monoisotopic (exact) mass is 264 g/mol. The Morgan fingerprint density at radius 1 is 1.39 bits per heavy atom. The summed E-state index contributed by atoms with van der Waals surface area (Å²) in [6.45, 7) is 1.13. The number of hydrogen-bond acceptors (Lipinski definition) is 3. The van der Waals surface area contributed by atoms with Crippen LogP contribution in [0.1, 0.15) is 24.8 Å². The maximum absolute atomic E-state index is 9.26. The van der Waals surface area contributed by atoms with E-state index in [0.29, 0.717) is 22.4 Å². The fourth-order valence-corrected chi connectivity index (χ4v) is 2.81. The Balaban J connectivity index is 1.94. The van der Waals surface area contributed by atoms with Crippen LogP contribution in [0, 0.1) is 23.2 Å². The van der Waals surface area contributed by atoms with Crippen LogP contribution in [0.3, 0.4) is 0 Å². The topological polar surface area (TPSA) is 56.0 Å². The molecule has 2 unspecified atom stereocenters. The summed E-state index contributed by atoms with van der Waals surface area (Å²) in [4.78, 5) is 0. The number of nitrogens with zero attached hydrogens (tertiary/aromatic N) is 1. The zero-order chi connectivity index (χ0) is 13.0. The molecule has 2 N–H and O–H groups in total. The standard InChI is InChI=1S/C14H17ClN2O/c15-14-6-13(5-4-10(14)7-16)17-8-11-2-1-3-12(11)9-18/h4-6,11-12,17-18H,1-3,8-9H2. The number of aliphatic hydroxyl groups excluding tert-OH is 1. The van der Waals surface area contributed by atoms with Gasteiger partial charge >= 0.3 is 0 Å². The molecule has 18 heavy (non-hydrogen) atoms. The van der Waals surface area contributed by atoms with E-state index >= 15 is 0 Å². The fraction of sp³-hybridized carbons (Fsp3) is 0.500. The van der Waals surface area contributed by atoms with Gasteiger partial charge in [0, 0.05) is 18.8 Å². The van der Waals surface area contributed by atoms with Crippen molar-refractivity contribution in [1.29, 1.82) is 5.26 Å². The molecule has 1 fully saturated rings. The predicted octanol–water partition coefficient (Wildman–Crippen LogP) is 3.03. The van der Waals surface area contributed by atoms with Crippen molar-refractivity contribution in [1.82, 2.24) is 0 Å². The van der Waals surface area contributed by atoms with Gasteiger partial charge in [-0.2, -0.15) is 5.26 Å². The zero-order valence-electron chi connectivity index (χ0n) is 10.2. The third kappa shape index (κ3) is 2.95. The Morgan fingerprint density at radius 3 is 2.83 bits per heavy atom. The maximum Gasteiger partial charge on any atom is 0.101 e. The number of anilines is 1. The molecule has 1 aromatic carbocycles. The van der Waals surface area contributed by atoms with Crippen LogP contribution in [0.5, 0.6) is 0 Å². The summed E-state index contributed by atoms with van der Waals surface area (Å²) in [7, 11) is 0. The lowest BCUT2D eigenvalue weighted by Gasteiger charge is -2.18. The second-order valence-electron chi connectivity index (χ2n) is 4.82. The van der Waals surface area contributed by atoms with E-state index in [9.17, 15) is 5.11 Å². The molecule has 4 heteroatoms. The van der Waals surface area contributed by atoms with Crippen molar-refractivity contribution in [2.45, 2.75) is 19.3 Å². The largest absolute Gasteiger partial charge is 0.396 e. The molecule has 1 aliphatic carbocycles. The highest BCUT2D eigenvalue weighted by atomic mass is 35.5. The number of benzene rings is 1. The average molecular weight is 265 g/mol. The summed E-state index contributed by atoms with van der Waals surface area (Å²) in [5, 5.41) is 21.9. The maximum atomic E-state index is 9.26. The van der Waals surface area contributed by atoms with Crippen molar-refractivity contribution in [3.8, 4) is 6.07 Å². The molecule has 0 amide bonds. The number of nitrogens with one attached hydrogen (secondary N) is 1. The molecule has 96 valence electrons. The first-order valence-corrected chi connectivity index (χ1v) is 6.66. The third-order valence-corrected chi connectivity index (χ3v) is 4.02. The highest BCUT2D eigenvalue weighted by Crippen LogP contribution is 2.31. The van der Waals surface area contributed by atoms with Crippen molar-refractivity contribution in [3.63, 3.8) is 0 Å². The number of halogens is 1. The van der Waals surface area contributed by atoms with Crippen LogP contribution in [0.25, 0.3) is 0 Å². The Bertz CT molecular complexity index is 456. The summed E-state index contributed by atoms with van der Waals surface area (Å²) in [5.74, 6) is 0.954. The summed E-state index contributed by atoms with van der Waals surface area (Å²) in [6, 6.07) is 7.42. The predicted molar refractivity (Wildman–Crippen MR) is 72.6 cm³/mol. The van der Waals surface area contributed by atoms with Crippen molar-refractivity contribution >= 4 is 17.3 Å². The van der Waals surface area contributed by atoms with Crippen LogP contribution in [0.15, 0.2) is 18.2 Å². The average Bonchev–Trinajstić information content (AvgIpc) is 2.84. The van der Waals surface area contributed by atoms with Gasteiger partial charge in [-0.1, -0.05) is 18.0 Å². The van der Waals surface area contributed by atoms with Crippen molar-refractivity contribution in [3.05, 3.63) is 28.8 Å². The van der Waals surface area contributed by atoms with E-state index in [1.54, 1.807) is 12.1 Å². The van der Waals surface area contributed by atoms with Crippen molar-refractivity contribution in [2.24, 2.45) is 11.8 Å². The minimum Gasteiger partial charge on any atom is -0.396 e. The van der Waals surface area contributed by atoms with E-state index in [-0.39, 0.29) is 6.61 Å². The molecule has 0 radical (unpaired) electrons. The van der Waals surface area contributed by atoms with E-state index in [1.807, 2.05) is 12.1 Å². The zero-order valence-corrected chi connectivity index (χ0v) is 11.0. The minimum atomic E-state index is 0.278. The molecule has 1 aliphatic rings. The molecule has 2 rings (SSSR count). The lowest BCUT2D eigenvalue weighted by molar-refractivity contribution is 0.199. The summed E-state index contributed by atoms with van der Waals surface area (Å²) < 4.78 is 0. The van der Waals surface area contributed by atoms with E-state index in [4.69, 9.17) is 16.9 Å². The number of hydrogen-bond donors (Lipinski definition) is 2. The van der Waals surface area contributed by atoms with Crippen molar-refractivity contribution in [2.75, 3.05) is 18.5 Å². The Hall–Kier alpha value is -1.24. The molecule has 0 aromatic heterocycles. The first-order chi connectivity index (χ1) is 8.74. The quantitative estimate of drug-likeness (QED) is 0.879. The van der Waals surface area contributed by atoms with Crippen LogP contribution >= 0.6 is 11.6 Å². The van der Waals surface area contributed by atoms with Gasteiger partial charge < -0.3 is 10.4 Å². The summed E-state index contributed by atoms with van der Waals surface area (Å²) in [5.41, 5.74) is 1.43. The molecule has 0 bridgehead atoms. The SMILES string of the molecule is N#Cc1ccc(NCC2CCCC2CO)cc1Cl. The smallest absolute Gasteiger partial charge is 0.101 e. The van der Waals surface area contributed by atoms with Crippen LogP contribution < -0.4 is 5.32 Å². The van der Waals surface area contributed by atoms with Gasteiger partial charge in [0.2, 0.25) is 0 Å². The third-order valence-electron chi connectivity index (χ3n) is 3.71. The minimum absolute atomic E-state index is 0.278. The Labute approximate surface area is 112 Å². The molecule has 1 aromatic rings. The molecule has 2 atom stereocenters. The second-order valence-corrected chi connectivity index (χ2v) is 5.23. The van der Waals surface area contributed by atoms with Gasteiger partial charge in [0.15, 0.2) is 0 Å². The molecule has 1 saturated carbocycles. The van der Waals surface area contributed by atoms with Gasteiger partial charge in [0.25, 0.3) is 0 Å². The number of aliphatic hydroxyl groups is 1. The number of rotatable bonds is 4. The lowest BCUT2D eigenvalue weighted by Crippen LogP contribution is -2.20. The highest BCUT2D eigenvalue weighted by molar-refractivity contribution is 6.32. The molecule has 0 aliphatic heterocycles. The van der Waals surface area contributed by atoms with Gasteiger partial charge in [0.05, 0.1) is 10.6 Å². The van der Waals surface area contributed by atoms with Gasteiger partial charge in [-0.3, -0.25) is 0 Å². The van der Waals surface area contributed by atoms with Crippen molar-refractivity contribution < 1.29 is 5.11 Å². The van der Waals surface area contributed by atoms with Gasteiger partial charge in [-0.15, -0.1) is 0 Å². The molecular formula is C14H17ClN2O. The fourth-order valence-electron chi connectivity index (χ4n) is 2.59. The lowest BCUT2D eigenvalue weighted by atomic mass is 9.97. The van der Waals surface area contributed by atoms with Gasteiger partial charge in [-0.25, -0.2) is 0 Å². The molecule has 0 spiro atoms. The summed E-state index contributed by atoms with van der Waals surface area (Å²) in [6.07, 6.45) is 3.49. The van der Waals surface area contributed by atoms with Gasteiger partial charge in [-0.05, 0) is 42.9 Å². The first-order valence-electron chi connectivity index (χ1n) is 6.29. The first kappa shape index (κ1) is 13.2. The molecule has 0 saturated heterocycles. The Kier molecular flexibility index (Phi) is 4.46. The van der Waals surface area contributed by atoms with E-state index in [1.165, 1.54) is 12.8 Å². The normalized spacial score (nSPS) is 22.7. The van der Waals surface area contributed by atoms with Crippen LogP contribution in [0.2, 0.25) is 5.02 Å². The van der Waals surface area contributed by atoms with E-state index < -0.39 is 0 Å². The second kappa shape index (κ2) is 6.08. The van der Waals surface area contributed by atoms with Crippen LogP contribution in [-0.4, -0.2) is 18.3 Å². The van der Waals surface area contributed by atoms with Crippen LogP contribution in [-0.2, 0) is 0 Å². The van der Waals surface area contributed by atoms with E-state index in [2.05, 4.69) is 5.32 Å². The van der Waals surface area contributed by atoms with Gasteiger partial charge in [0.1, 0.15) is 6.07 Å². The molecular weight excluding hydrogens is 248 g/mol. The molecule has 3 nitrogen and oxygen atoms in total. The number of nitriles is 1. The molecule has 0 heterocycles. The van der Waals surface area contributed by atoms with E-state index in [0.717, 1.165) is 18.7 Å².